The van der Waals surface area contributed by atoms with Crippen molar-refractivity contribution in [2.24, 2.45) is 0 Å². The Morgan fingerprint density at radius 1 is 1.56 bits per heavy atom. The summed E-state index contributed by atoms with van der Waals surface area (Å²) in [6.45, 7) is 3.95. The van der Waals surface area contributed by atoms with E-state index in [9.17, 15) is 4.57 Å². The summed E-state index contributed by atoms with van der Waals surface area (Å²) in [7, 11) is 1.06. The Bertz CT molecular complexity index is 124. The Labute approximate surface area is 56.5 Å². The average Bonchev–Trinajstić information content (AvgIpc) is 1.65. The zero-order valence-electron chi connectivity index (χ0n) is 6.42. The van der Waals surface area contributed by atoms with Crippen LogP contribution in [0.4, 0.5) is 0 Å². The molecule has 0 aromatic heterocycles. The van der Waals surface area contributed by atoms with Gasteiger partial charge in [0.25, 0.3) is 7.52 Å². The van der Waals surface area contributed by atoms with E-state index in [0.29, 0.717) is 6.61 Å². The Kier molecular flexibility index (Phi) is 3.41. The first-order valence-electron chi connectivity index (χ1n) is 2.90. The topological polar surface area (TPSA) is 29.5 Å². The molecule has 0 aromatic rings. The predicted molar refractivity (Wildman–Crippen MR) is 38.8 cm³/mol. The van der Waals surface area contributed by atoms with Gasteiger partial charge in [0, 0.05) is 6.66 Å². The molecule has 56 valence electrons. The minimum atomic E-state index is -2.43. The third kappa shape index (κ3) is 2.99. The molecule has 0 aliphatic carbocycles. The van der Waals surface area contributed by atoms with Crippen LogP contribution in [0.5, 0.6) is 0 Å². The van der Waals surface area contributed by atoms with Crippen molar-refractivity contribution in [1.29, 1.82) is 0 Å². The molecule has 0 saturated heterocycles. The van der Waals surface area contributed by atoms with E-state index in [1.165, 1.54) is 0 Å². The Morgan fingerprint density at radius 3 is 2.11 bits per heavy atom. The molecule has 0 rings (SSSR count). The van der Waals surface area contributed by atoms with Crippen molar-refractivity contribution in [1.82, 2.24) is 4.67 Å². The number of rotatable bonds is 3. The standard InChI is InChI=1S/C5H14NO2P/c1-5-8-9(4,7)6(2)3/h5H2,1-4H3. The molecule has 0 heterocycles. The Morgan fingerprint density at radius 2 is 2.00 bits per heavy atom. The summed E-state index contributed by atoms with van der Waals surface area (Å²) in [5, 5.41) is 0. The van der Waals surface area contributed by atoms with Crippen LogP contribution in [0, 0.1) is 0 Å². The second kappa shape index (κ2) is 3.35. The maximum atomic E-state index is 11.2. The van der Waals surface area contributed by atoms with E-state index in [1.54, 1.807) is 25.4 Å². The first-order valence-corrected chi connectivity index (χ1v) is 4.93. The first kappa shape index (κ1) is 9.15. The number of nitrogens with zero attached hydrogens (tertiary/aromatic N) is 1. The van der Waals surface area contributed by atoms with E-state index in [0.717, 1.165) is 0 Å². The van der Waals surface area contributed by atoms with Gasteiger partial charge in [-0.05, 0) is 21.0 Å². The molecule has 0 radical (unpaired) electrons. The fraction of sp³-hybridized carbons (Fsp3) is 1.00. The first-order chi connectivity index (χ1) is 4.00. The van der Waals surface area contributed by atoms with Crippen molar-refractivity contribution in [3.05, 3.63) is 0 Å². The van der Waals surface area contributed by atoms with Gasteiger partial charge in [-0.1, -0.05) is 0 Å². The van der Waals surface area contributed by atoms with E-state index >= 15 is 0 Å². The molecular formula is C5H14NO2P. The van der Waals surface area contributed by atoms with E-state index in [-0.39, 0.29) is 0 Å². The number of hydrogen-bond donors (Lipinski definition) is 0. The van der Waals surface area contributed by atoms with Crippen molar-refractivity contribution in [2.45, 2.75) is 6.92 Å². The molecule has 0 bridgehead atoms. The highest BCUT2D eigenvalue weighted by molar-refractivity contribution is 7.55. The molecule has 3 nitrogen and oxygen atoms in total. The lowest BCUT2D eigenvalue weighted by molar-refractivity contribution is 0.302. The zero-order chi connectivity index (χ0) is 7.49. The SMILES string of the molecule is CCOP(C)(=O)N(C)C. The minimum Gasteiger partial charge on any atom is -0.318 e. The van der Waals surface area contributed by atoms with E-state index in [1.807, 2.05) is 6.92 Å². The molecule has 9 heavy (non-hydrogen) atoms. The van der Waals surface area contributed by atoms with Crippen LogP contribution in [0.15, 0.2) is 0 Å². The minimum absolute atomic E-state index is 0.506. The van der Waals surface area contributed by atoms with Gasteiger partial charge in [-0.3, -0.25) is 4.57 Å². The second-order valence-corrected chi connectivity index (χ2v) is 4.73. The van der Waals surface area contributed by atoms with E-state index < -0.39 is 7.52 Å². The highest BCUT2D eigenvalue weighted by Gasteiger charge is 2.16. The van der Waals surface area contributed by atoms with Gasteiger partial charge >= 0.3 is 0 Å². The van der Waals surface area contributed by atoms with Crippen LogP contribution in [-0.2, 0) is 9.09 Å². The Hall–Kier alpha value is 0.150. The lowest BCUT2D eigenvalue weighted by atomic mass is 10.9. The summed E-state index contributed by atoms with van der Waals surface area (Å²) in [4.78, 5) is 0. The van der Waals surface area contributed by atoms with Crippen LogP contribution in [0.3, 0.4) is 0 Å². The summed E-state index contributed by atoms with van der Waals surface area (Å²) < 4.78 is 17.8. The molecule has 1 unspecified atom stereocenters. The quantitative estimate of drug-likeness (QED) is 0.571. The van der Waals surface area contributed by atoms with Crippen LogP contribution in [-0.4, -0.2) is 32.0 Å². The van der Waals surface area contributed by atoms with Crippen molar-refractivity contribution in [2.75, 3.05) is 27.4 Å². The molecule has 0 N–H and O–H groups in total. The van der Waals surface area contributed by atoms with Crippen LogP contribution < -0.4 is 0 Å². The van der Waals surface area contributed by atoms with Gasteiger partial charge in [-0.25, -0.2) is 4.67 Å². The summed E-state index contributed by atoms with van der Waals surface area (Å²) in [5.41, 5.74) is 0. The van der Waals surface area contributed by atoms with Crippen molar-refractivity contribution in [3.63, 3.8) is 0 Å². The lowest BCUT2D eigenvalue weighted by Crippen LogP contribution is -2.09. The van der Waals surface area contributed by atoms with Gasteiger partial charge in [-0.15, -0.1) is 0 Å². The summed E-state index contributed by atoms with van der Waals surface area (Å²) in [5.74, 6) is 0. The van der Waals surface area contributed by atoms with Gasteiger partial charge < -0.3 is 4.52 Å². The van der Waals surface area contributed by atoms with Crippen LogP contribution >= 0.6 is 7.52 Å². The van der Waals surface area contributed by atoms with Gasteiger partial charge in [0.05, 0.1) is 6.61 Å². The van der Waals surface area contributed by atoms with Gasteiger partial charge in [0.1, 0.15) is 0 Å². The highest BCUT2D eigenvalue weighted by Crippen LogP contribution is 2.43. The maximum absolute atomic E-state index is 11.2. The normalized spacial score (nSPS) is 17.9. The van der Waals surface area contributed by atoms with E-state index in [4.69, 9.17) is 4.52 Å². The highest BCUT2D eigenvalue weighted by atomic mass is 31.2. The van der Waals surface area contributed by atoms with E-state index in [2.05, 4.69) is 0 Å². The zero-order valence-corrected chi connectivity index (χ0v) is 7.31. The van der Waals surface area contributed by atoms with Gasteiger partial charge in [-0.2, -0.15) is 0 Å². The monoisotopic (exact) mass is 151 g/mol. The Balaban J connectivity index is 3.87. The molecular weight excluding hydrogens is 137 g/mol. The molecule has 1 atom stereocenters. The molecule has 0 amide bonds. The maximum Gasteiger partial charge on any atom is 0.268 e. The second-order valence-electron chi connectivity index (χ2n) is 2.07. The molecule has 0 aliphatic rings. The molecule has 0 fully saturated rings. The smallest absolute Gasteiger partial charge is 0.268 e. The van der Waals surface area contributed by atoms with Crippen LogP contribution in [0.25, 0.3) is 0 Å². The van der Waals surface area contributed by atoms with Gasteiger partial charge in [0.2, 0.25) is 0 Å². The predicted octanol–water partition coefficient (Wildman–Crippen LogP) is 1.41. The average molecular weight is 151 g/mol. The summed E-state index contributed by atoms with van der Waals surface area (Å²) >= 11 is 0. The lowest BCUT2D eigenvalue weighted by Gasteiger charge is -2.18. The fourth-order valence-electron chi connectivity index (χ4n) is 0.355. The fourth-order valence-corrected chi connectivity index (χ4v) is 1.07. The molecule has 0 aromatic carbocycles. The van der Waals surface area contributed by atoms with Crippen LogP contribution in [0.1, 0.15) is 6.92 Å². The molecule has 0 saturated carbocycles. The molecule has 0 spiro atoms. The molecule has 0 aliphatic heterocycles. The van der Waals surface area contributed by atoms with Crippen molar-refractivity contribution >= 4 is 7.52 Å². The summed E-state index contributed by atoms with van der Waals surface area (Å²) in [6, 6.07) is 0. The largest absolute Gasteiger partial charge is 0.318 e. The number of hydrogen-bond acceptors (Lipinski definition) is 2. The van der Waals surface area contributed by atoms with Crippen molar-refractivity contribution < 1.29 is 9.09 Å². The third-order valence-corrected chi connectivity index (χ3v) is 3.29. The third-order valence-electron chi connectivity index (χ3n) is 1.10. The summed E-state index contributed by atoms with van der Waals surface area (Å²) in [6.07, 6.45) is 0. The van der Waals surface area contributed by atoms with Crippen LogP contribution in [0.2, 0.25) is 0 Å². The van der Waals surface area contributed by atoms with Gasteiger partial charge in [0.15, 0.2) is 0 Å². The molecule has 4 heteroatoms. The van der Waals surface area contributed by atoms with Crippen molar-refractivity contribution in [3.8, 4) is 0 Å².